The minimum atomic E-state index is -0.288. The second kappa shape index (κ2) is 10.2. The molecule has 1 aromatic heterocycles. The number of aryl methyl sites for hydroxylation is 1. The van der Waals surface area contributed by atoms with Gasteiger partial charge in [0.1, 0.15) is 5.00 Å². The zero-order chi connectivity index (χ0) is 20.8. The van der Waals surface area contributed by atoms with Gasteiger partial charge in [0.25, 0.3) is 11.8 Å². The highest BCUT2D eigenvalue weighted by Gasteiger charge is 2.30. The van der Waals surface area contributed by atoms with Crippen molar-refractivity contribution in [2.45, 2.75) is 38.5 Å². The average Bonchev–Trinajstić information content (AvgIpc) is 3.05. The summed E-state index contributed by atoms with van der Waals surface area (Å²) in [5.41, 5.74) is 7.12. The number of methoxy groups -OCH3 is 1. The van der Waals surface area contributed by atoms with Gasteiger partial charge in [0, 0.05) is 18.5 Å². The summed E-state index contributed by atoms with van der Waals surface area (Å²) in [6.07, 6.45) is 5.67. The van der Waals surface area contributed by atoms with E-state index in [-0.39, 0.29) is 30.2 Å². The van der Waals surface area contributed by atoms with Crippen LogP contribution in [0.3, 0.4) is 0 Å². The number of primary amides is 1. The third kappa shape index (κ3) is 5.55. The first kappa shape index (κ1) is 21.7. The first-order valence-corrected chi connectivity index (χ1v) is 11.2. The molecule has 29 heavy (non-hydrogen) atoms. The molecule has 2 heterocycles. The van der Waals surface area contributed by atoms with Crippen molar-refractivity contribution in [2.24, 2.45) is 11.7 Å². The van der Waals surface area contributed by atoms with Gasteiger partial charge in [0.2, 0.25) is 5.91 Å². The second-order valence-electron chi connectivity index (χ2n) is 7.83. The molecule has 8 nitrogen and oxygen atoms in total. The van der Waals surface area contributed by atoms with Gasteiger partial charge >= 0.3 is 0 Å². The normalized spacial score (nSPS) is 21.3. The van der Waals surface area contributed by atoms with Crippen molar-refractivity contribution in [1.82, 2.24) is 5.32 Å². The number of hydrogen-bond donors (Lipinski definition) is 4. The Hall–Kier alpha value is -1.97. The zero-order valence-electron chi connectivity index (χ0n) is 17.0. The summed E-state index contributed by atoms with van der Waals surface area (Å²) >= 11 is 1.52. The molecule has 0 saturated carbocycles. The summed E-state index contributed by atoms with van der Waals surface area (Å²) < 4.78 is 5.01. The number of carbonyl (C=O) groups is 3. The first-order chi connectivity index (χ1) is 14.0. The Morgan fingerprint density at radius 2 is 2.03 bits per heavy atom. The fourth-order valence-corrected chi connectivity index (χ4v) is 5.50. The number of ether oxygens (including phenoxy) is 1. The fourth-order valence-electron chi connectivity index (χ4n) is 4.20. The molecule has 3 rings (SSSR count). The number of anilines is 1. The predicted octanol–water partition coefficient (Wildman–Crippen LogP) is -0.278. The maximum atomic E-state index is 12.8. The number of rotatable bonds is 8. The van der Waals surface area contributed by atoms with Gasteiger partial charge < -0.3 is 26.0 Å². The van der Waals surface area contributed by atoms with E-state index < -0.39 is 0 Å². The van der Waals surface area contributed by atoms with Crippen molar-refractivity contribution in [1.29, 1.82) is 0 Å². The van der Waals surface area contributed by atoms with E-state index in [0.29, 0.717) is 30.3 Å². The fraction of sp³-hybridized carbons (Fsp3) is 0.650. The lowest BCUT2D eigenvalue weighted by Crippen LogP contribution is -3.14. The topological polar surface area (TPSA) is 115 Å². The lowest BCUT2D eigenvalue weighted by molar-refractivity contribution is -0.899. The minimum Gasteiger partial charge on any atom is -0.383 e. The Morgan fingerprint density at radius 1 is 1.24 bits per heavy atom. The smallest absolute Gasteiger partial charge is 0.280 e. The molecule has 0 radical (unpaired) electrons. The van der Waals surface area contributed by atoms with Crippen LogP contribution in [0.15, 0.2) is 0 Å². The van der Waals surface area contributed by atoms with Gasteiger partial charge in [-0.3, -0.25) is 14.4 Å². The largest absolute Gasteiger partial charge is 0.383 e. The van der Waals surface area contributed by atoms with Crippen molar-refractivity contribution in [2.75, 3.05) is 45.2 Å². The Labute approximate surface area is 175 Å². The van der Waals surface area contributed by atoms with Crippen LogP contribution in [-0.2, 0) is 27.2 Å². The van der Waals surface area contributed by atoms with Gasteiger partial charge in [0.05, 0.1) is 31.2 Å². The molecular weight excluding hydrogens is 392 g/mol. The van der Waals surface area contributed by atoms with Crippen LogP contribution in [0.5, 0.6) is 0 Å². The number of hydrogen-bond acceptors (Lipinski definition) is 5. The molecule has 0 spiro atoms. The summed E-state index contributed by atoms with van der Waals surface area (Å²) in [5, 5.41) is 6.50. The first-order valence-electron chi connectivity index (χ1n) is 10.3. The Bertz CT molecular complexity index is 764. The minimum absolute atomic E-state index is 0.130. The molecule has 1 saturated heterocycles. The third-order valence-electron chi connectivity index (χ3n) is 5.67. The van der Waals surface area contributed by atoms with Gasteiger partial charge in [-0.25, -0.2) is 0 Å². The number of piperidine rings is 1. The maximum absolute atomic E-state index is 12.8. The zero-order valence-corrected chi connectivity index (χ0v) is 17.8. The van der Waals surface area contributed by atoms with Gasteiger partial charge in [0.15, 0.2) is 6.54 Å². The Balaban J connectivity index is 1.69. The lowest BCUT2D eigenvalue weighted by atomic mass is 9.95. The van der Waals surface area contributed by atoms with Gasteiger partial charge in [-0.05, 0) is 44.1 Å². The van der Waals surface area contributed by atoms with Crippen LogP contribution in [0.1, 0.15) is 46.5 Å². The van der Waals surface area contributed by atoms with Gasteiger partial charge in [-0.1, -0.05) is 0 Å². The number of likely N-dealkylation sites (tertiary alicyclic amines) is 1. The van der Waals surface area contributed by atoms with E-state index in [1.807, 2.05) is 0 Å². The summed E-state index contributed by atoms with van der Waals surface area (Å²) in [6, 6.07) is 0. The molecule has 5 N–H and O–H groups in total. The van der Waals surface area contributed by atoms with E-state index in [4.69, 9.17) is 10.5 Å². The van der Waals surface area contributed by atoms with Crippen LogP contribution in [0.2, 0.25) is 0 Å². The van der Waals surface area contributed by atoms with E-state index in [1.165, 1.54) is 16.2 Å². The molecule has 1 aliphatic carbocycles. The molecule has 2 atom stereocenters. The number of quaternary nitrogens is 1. The van der Waals surface area contributed by atoms with E-state index in [0.717, 1.165) is 55.5 Å². The monoisotopic (exact) mass is 423 g/mol. The lowest BCUT2D eigenvalue weighted by Gasteiger charge is -2.27. The Kier molecular flexibility index (Phi) is 7.63. The quantitative estimate of drug-likeness (QED) is 0.431. The molecule has 160 valence electrons. The summed E-state index contributed by atoms with van der Waals surface area (Å²) in [5.74, 6) is -0.739. The molecule has 9 heteroatoms. The standard InChI is InChI=1S/C20H30N4O4S/c1-28-10-8-22-19(27)17-14-6-2-3-7-15(14)29-20(17)23-16(25)12-24-9-4-5-13(11-24)18(21)26/h13H,2-12H2,1H3,(H2,21,26)(H,22,27)(H,23,25)/p+1/t13-/m1/s1. The highest BCUT2D eigenvalue weighted by Crippen LogP contribution is 2.38. The van der Waals surface area contributed by atoms with Gasteiger partial charge in [-0.15, -0.1) is 11.3 Å². The highest BCUT2D eigenvalue weighted by atomic mass is 32.1. The number of nitrogens with two attached hydrogens (primary N) is 1. The molecule has 1 unspecified atom stereocenters. The molecule has 1 fully saturated rings. The number of thiophene rings is 1. The van der Waals surface area contributed by atoms with Crippen LogP contribution >= 0.6 is 11.3 Å². The highest BCUT2D eigenvalue weighted by molar-refractivity contribution is 7.17. The van der Waals surface area contributed by atoms with Crippen LogP contribution < -0.4 is 21.3 Å². The number of amides is 3. The second-order valence-corrected chi connectivity index (χ2v) is 8.94. The molecule has 0 aromatic carbocycles. The molecule has 0 bridgehead atoms. The van der Waals surface area contributed by atoms with Gasteiger partial charge in [-0.2, -0.15) is 0 Å². The van der Waals surface area contributed by atoms with Crippen LogP contribution in [0.4, 0.5) is 5.00 Å². The van der Waals surface area contributed by atoms with Crippen molar-refractivity contribution in [3.8, 4) is 0 Å². The van der Waals surface area contributed by atoms with Crippen LogP contribution in [0.25, 0.3) is 0 Å². The predicted molar refractivity (Wildman–Crippen MR) is 111 cm³/mol. The summed E-state index contributed by atoms with van der Waals surface area (Å²) in [7, 11) is 1.59. The van der Waals surface area contributed by atoms with E-state index in [9.17, 15) is 14.4 Å². The maximum Gasteiger partial charge on any atom is 0.280 e. The molecule has 3 amide bonds. The third-order valence-corrected chi connectivity index (χ3v) is 6.88. The van der Waals surface area contributed by atoms with Crippen LogP contribution in [0, 0.1) is 5.92 Å². The van der Waals surface area contributed by atoms with E-state index in [1.54, 1.807) is 7.11 Å². The number of nitrogens with one attached hydrogen (secondary N) is 3. The Morgan fingerprint density at radius 3 is 2.79 bits per heavy atom. The number of fused-ring (bicyclic) bond motifs is 1. The molecule has 1 aromatic rings. The average molecular weight is 424 g/mol. The SMILES string of the molecule is COCCNC(=O)c1c(NC(=O)C[NH+]2CCC[C@@H](C(N)=O)C2)sc2c1CCCC2. The van der Waals surface area contributed by atoms with Crippen molar-refractivity contribution in [3.05, 3.63) is 16.0 Å². The van der Waals surface area contributed by atoms with Crippen molar-refractivity contribution >= 4 is 34.1 Å². The van der Waals surface area contributed by atoms with Crippen molar-refractivity contribution in [3.63, 3.8) is 0 Å². The molecule has 1 aliphatic heterocycles. The van der Waals surface area contributed by atoms with E-state index in [2.05, 4.69) is 10.6 Å². The molecule has 2 aliphatic rings. The number of carbonyl (C=O) groups excluding carboxylic acids is 3. The summed E-state index contributed by atoms with van der Waals surface area (Å²) in [6.45, 7) is 2.59. The summed E-state index contributed by atoms with van der Waals surface area (Å²) in [4.78, 5) is 39.2. The van der Waals surface area contributed by atoms with E-state index >= 15 is 0 Å². The van der Waals surface area contributed by atoms with Crippen LogP contribution in [-0.4, -0.2) is 57.6 Å². The molecular formula is C20H31N4O4S+. The van der Waals surface area contributed by atoms with Crippen molar-refractivity contribution < 1.29 is 24.0 Å².